The molecule has 0 radical (unpaired) electrons. The highest BCUT2D eigenvalue weighted by molar-refractivity contribution is 7.89. The molecule has 2 aliphatic carbocycles. The molecular weight excluding hydrogens is 291 g/mol. The molecule has 2 N–H and O–H groups in total. The van der Waals surface area contributed by atoms with Crippen molar-refractivity contribution >= 4 is 10.0 Å². The summed E-state index contributed by atoms with van der Waals surface area (Å²) in [6.45, 7) is 2.88. The number of halogens is 1. The molecule has 0 saturated heterocycles. The Morgan fingerprint density at radius 2 is 2.05 bits per heavy atom. The lowest BCUT2D eigenvalue weighted by atomic mass is 10.2. The Balaban J connectivity index is 1.71. The third-order valence-corrected chi connectivity index (χ3v) is 5.68. The largest absolute Gasteiger partial charge is 0.310 e. The van der Waals surface area contributed by atoms with Gasteiger partial charge in [0.2, 0.25) is 10.0 Å². The zero-order valence-electron chi connectivity index (χ0n) is 12.2. The van der Waals surface area contributed by atoms with E-state index in [1.165, 1.54) is 18.2 Å². The van der Waals surface area contributed by atoms with Gasteiger partial charge in [0.15, 0.2) is 0 Å². The van der Waals surface area contributed by atoms with E-state index in [4.69, 9.17) is 0 Å². The van der Waals surface area contributed by atoms with Gasteiger partial charge in [-0.1, -0.05) is 6.92 Å². The minimum Gasteiger partial charge on any atom is -0.310 e. The summed E-state index contributed by atoms with van der Waals surface area (Å²) in [7, 11) is -3.56. The molecule has 0 unspecified atom stereocenters. The zero-order chi connectivity index (χ0) is 15.1. The molecule has 1 aromatic rings. The first-order valence-electron chi connectivity index (χ1n) is 7.40. The van der Waals surface area contributed by atoms with Crippen molar-refractivity contribution in [3.8, 4) is 0 Å². The minimum atomic E-state index is -3.56. The van der Waals surface area contributed by atoms with Gasteiger partial charge in [-0.2, -0.15) is 0 Å². The Morgan fingerprint density at radius 1 is 1.33 bits per heavy atom. The Hall–Kier alpha value is -0.980. The summed E-state index contributed by atoms with van der Waals surface area (Å²) < 4.78 is 40.9. The molecule has 0 bridgehead atoms. The van der Waals surface area contributed by atoms with Crippen LogP contribution in [-0.4, -0.2) is 21.0 Å². The summed E-state index contributed by atoms with van der Waals surface area (Å²) in [5.74, 6) is -0.365. The van der Waals surface area contributed by atoms with Gasteiger partial charge in [-0.25, -0.2) is 17.5 Å². The summed E-state index contributed by atoms with van der Waals surface area (Å²) in [5, 5.41) is 3.20. The van der Waals surface area contributed by atoms with Gasteiger partial charge in [0.1, 0.15) is 5.82 Å². The van der Waals surface area contributed by atoms with Crippen molar-refractivity contribution in [2.24, 2.45) is 5.41 Å². The maximum absolute atomic E-state index is 13.8. The second-order valence-corrected chi connectivity index (χ2v) is 8.31. The molecule has 116 valence electrons. The van der Waals surface area contributed by atoms with Crippen molar-refractivity contribution in [3.05, 3.63) is 29.6 Å². The quantitative estimate of drug-likeness (QED) is 0.811. The van der Waals surface area contributed by atoms with Gasteiger partial charge in [-0.15, -0.1) is 0 Å². The predicted molar refractivity (Wildman–Crippen MR) is 78.8 cm³/mol. The number of hydrogen-bond acceptors (Lipinski definition) is 3. The smallest absolute Gasteiger partial charge is 0.240 e. The van der Waals surface area contributed by atoms with Crippen LogP contribution in [-0.2, 0) is 16.6 Å². The highest BCUT2D eigenvalue weighted by Crippen LogP contribution is 2.44. The maximum atomic E-state index is 13.8. The first kappa shape index (κ1) is 14.9. The molecule has 4 nitrogen and oxygen atoms in total. The standard InChI is InChI=1S/C15H21FN2O2S/c1-15(6-7-15)10-18-21(19,20)13-4-5-14(16)11(8-13)9-17-12-2-3-12/h4-5,8,12,17-18H,2-3,6-7,9-10H2,1H3. The number of rotatable bonds is 7. The zero-order valence-corrected chi connectivity index (χ0v) is 13.0. The first-order chi connectivity index (χ1) is 9.88. The molecule has 6 heteroatoms. The second-order valence-electron chi connectivity index (χ2n) is 6.54. The second kappa shape index (κ2) is 5.34. The van der Waals surface area contributed by atoms with Gasteiger partial charge in [-0.05, 0) is 49.3 Å². The molecule has 1 aromatic carbocycles. The van der Waals surface area contributed by atoms with Crippen LogP contribution in [0.1, 0.15) is 38.2 Å². The number of sulfonamides is 1. The molecule has 0 spiro atoms. The van der Waals surface area contributed by atoms with E-state index in [0.29, 0.717) is 24.7 Å². The van der Waals surface area contributed by atoms with Crippen LogP contribution in [0.15, 0.2) is 23.1 Å². The monoisotopic (exact) mass is 312 g/mol. The molecule has 0 atom stereocenters. The van der Waals surface area contributed by atoms with Crippen LogP contribution in [0.3, 0.4) is 0 Å². The average Bonchev–Trinajstić information content (AvgIpc) is 3.34. The molecule has 2 aliphatic rings. The van der Waals surface area contributed by atoms with Crippen LogP contribution in [0.2, 0.25) is 0 Å². The van der Waals surface area contributed by atoms with Gasteiger partial charge in [0.25, 0.3) is 0 Å². The maximum Gasteiger partial charge on any atom is 0.240 e. The fourth-order valence-electron chi connectivity index (χ4n) is 2.14. The molecule has 0 aliphatic heterocycles. The molecule has 21 heavy (non-hydrogen) atoms. The lowest BCUT2D eigenvalue weighted by Crippen LogP contribution is -2.29. The van der Waals surface area contributed by atoms with Gasteiger partial charge in [-0.3, -0.25) is 0 Å². The summed E-state index contributed by atoms with van der Waals surface area (Å²) in [5.41, 5.74) is 0.506. The van der Waals surface area contributed by atoms with Crippen LogP contribution in [0.4, 0.5) is 4.39 Å². The summed E-state index contributed by atoms with van der Waals surface area (Å²) in [6, 6.07) is 4.45. The minimum absolute atomic E-state index is 0.101. The fourth-order valence-corrected chi connectivity index (χ4v) is 3.39. The predicted octanol–water partition coefficient (Wildman–Crippen LogP) is 2.16. The van der Waals surface area contributed by atoms with Gasteiger partial charge < -0.3 is 5.32 Å². The topological polar surface area (TPSA) is 58.2 Å². The summed E-state index contributed by atoms with van der Waals surface area (Å²) in [6.07, 6.45) is 4.32. The van der Waals surface area contributed by atoms with E-state index in [1.54, 1.807) is 0 Å². The lowest BCUT2D eigenvalue weighted by Gasteiger charge is -2.12. The van der Waals surface area contributed by atoms with Crippen LogP contribution in [0.25, 0.3) is 0 Å². The average molecular weight is 312 g/mol. The molecular formula is C15H21FN2O2S. The summed E-state index contributed by atoms with van der Waals surface area (Å²) in [4.78, 5) is 0.140. The van der Waals surface area contributed by atoms with Crippen molar-refractivity contribution in [2.45, 2.75) is 50.1 Å². The van der Waals surface area contributed by atoms with E-state index >= 15 is 0 Å². The Labute approximate surface area is 125 Å². The SMILES string of the molecule is CC1(CNS(=O)(=O)c2ccc(F)c(CNC3CC3)c2)CC1. The lowest BCUT2D eigenvalue weighted by molar-refractivity contribution is 0.529. The van der Waals surface area contributed by atoms with Crippen molar-refractivity contribution in [1.82, 2.24) is 10.0 Å². The van der Waals surface area contributed by atoms with E-state index in [1.807, 2.05) is 0 Å². The van der Waals surface area contributed by atoms with E-state index in [0.717, 1.165) is 25.7 Å². The van der Waals surface area contributed by atoms with Crippen molar-refractivity contribution in [3.63, 3.8) is 0 Å². The number of hydrogen-bond donors (Lipinski definition) is 2. The summed E-state index contributed by atoms with van der Waals surface area (Å²) >= 11 is 0. The molecule has 3 rings (SSSR count). The van der Waals surface area contributed by atoms with Crippen molar-refractivity contribution in [2.75, 3.05) is 6.54 Å². The van der Waals surface area contributed by atoms with E-state index in [-0.39, 0.29) is 16.1 Å². The Bertz CT molecular complexity index is 637. The van der Waals surface area contributed by atoms with E-state index in [2.05, 4.69) is 17.0 Å². The molecule has 0 heterocycles. The van der Waals surface area contributed by atoms with Crippen LogP contribution in [0, 0.1) is 11.2 Å². The Kier molecular flexibility index (Phi) is 3.80. The van der Waals surface area contributed by atoms with Gasteiger partial charge in [0.05, 0.1) is 4.90 Å². The van der Waals surface area contributed by atoms with Gasteiger partial charge in [0, 0.05) is 24.7 Å². The van der Waals surface area contributed by atoms with Crippen LogP contribution < -0.4 is 10.0 Å². The fraction of sp³-hybridized carbons (Fsp3) is 0.600. The molecule has 2 fully saturated rings. The van der Waals surface area contributed by atoms with E-state index in [9.17, 15) is 12.8 Å². The normalized spacial score (nSPS) is 20.5. The van der Waals surface area contributed by atoms with E-state index < -0.39 is 10.0 Å². The van der Waals surface area contributed by atoms with Crippen molar-refractivity contribution in [1.29, 1.82) is 0 Å². The first-order valence-corrected chi connectivity index (χ1v) is 8.88. The third-order valence-electron chi connectivity index (χ3n) is 4.28. The molecule has 0 amide bonds. The highest BCUT2D eigenvalue weighted by atomic mass is 32.2. The highest BCUT2D eigenvalue weighted by Gasteiger charge is 2.38. The number of benzene rings is 1. The Morgan fingerprint density at radius 3 is 2.67 bits per heavy atom. The van der Waals surface area contributed by atoms with Crippen molar-refractivity contribution < 1.29 is 12.8 Å². The number of nitrogens with one attached hydrogen (secondary N) is 2. The third kappa shape index (κ3) is 3.81. The molecule has 2 saturated carbocycles. The van der Waals surface area contributed by atoms with Gasteiger partial charge >= 0.3 is 0 Å². The van der Waals surface area contributed by atoms with Crippen LogP contribution >= 0.6 is 0 Å². The molecule has 0 aromatic heterocycles. The van der Waals surface area contributed by atoms with Crippen LogP contribution in [0.5, 0.6) is 0 Å².